The van der Waals surface area contributed by atoms with Gasteiger partial charge in [0.05, 0.1) is 25.0 Å². The Bertz CT molecular complexity index is 387. The summed E-state index contributed by atoms with van der Waals surface area (Å²) in [5, 5.41) is 0. The number of rotatable bonds is 4. The molecule has 6 nitrogen and oxygen atoms in total. The van der Waals surface area contributed by atoms with E-state index >= 15 is 0 Å². The van der Waals surface area contributed by atoms with Crippen molar-refractivity contribution in [3.8, 4) is 0 Å². The highest BCUT2D eigenvalue weighted by Crippen LogP contribution is 2.36. The molecule has 0 amide bonds. The van der Waals surface area contributed by atoms with Crippen molar-refractivity contribution in [1.29, 1.82) is 0 Å². The summed E-state index contributed by atoms with van der Waals surface area (Å²) < 4.78 is 22.1. The highest BCUT2D eigenvalue weighted by Gasteiger charge is 2.52. The maximum Gasteiger partial charge on any atom is 0.309 e. The van der Waals surface area contributed by atoms with E-state index in [1.807, 2.05) is 0 Å². The van der Waals surface area contributed by atoms with E-state index in [-0.39, 0.29) is 48.2 Å². The van der Waals surface area contributed by atoms with Crippen LogP contribution in [0.5, 0.6) is 0 Å². The minimum Gasteiger partial charge on any atom is -0.457 e. The molecule has 2 aliphatic carbocycles. The van der Waals surface area contributed by atoms with Crippen molar-refractivity contribution in [3.63, 3.8) is 0 Å². The fourth-order valence-electron chi connectivity index (χ4n) is 2.76. The Balaban J connectivity index is 1.33. The Hall–Kier alpha value is -1.14. The fraction of sp³-hybridized carbons (Fsp3) is 0.857. The van der Waals surface area contributed by atoms with Crippen molar-refractivity contribution in [2.75, 3.05) is 13.2 Å². The number of esters is 2. The molecular weight excluding hydrogens is 264 g/mol. The van der Waals surface area contributed by atoms with E-state index in [9.17, 15) is 9.59 Å². The van der Waals surface area contributed by atoms with E-state index in [4.69, 9.17) is 18.9 Å². The van der Waals surface area contributed by atoms with E-state index in [2.05, 4.69) is 0 Å². The van der Waals surface area contributed by atoms with Gasteiger partial charge in [-0.2, -0.15) is 0 Å². The highest BCUT2D eigenvalue weighted by atomic mass is 16.7. The number of fused-ring (bicyclic) bond motifs is 1. The SMILES string of the molecule is O=C(O[C@@H]1CO[C@H]2[C@@H]1OC[C@H]2OC(=O)C1CC1)C1CC1. The van der Waals surface area contributed by atoms with Gasteiger partial charge in [-0.05, 0) is 25.7 Å². The molecule has 4 atom stereocenters. The summed E-state index contributed by atoms with van der Waals surface area (Å²) in [6.45, 7) is 0.649. The molecule has 0 aromatic carbocycles. The predicted molar refractivity (Wildman–Crippen MR) is 64.7 cm³/mol. The zero-order valence-electron chi connectivity index (χ0n) is 11.2. The summed E-state index contributed by atoms with van der Waals surface area (Å²) in [5.41, 5.74) is 0. The van der Waals surface area contributed by atoms with Crippen LogP contribution in [-0.4, -0.2) is 49.6 Å². The quantitative estimate of drug-likeness (QED) is 0.696. The van der Waals surface area contributed by atoms with E-state index in [0.717, 1.165) is 25.7 Å². The molecule has 4 rings (SSSR count). The lowest BCUT2D eigenvalue weighted by molar-refractivity contribution is -0.156. The predicted octanol–water partition coefficient (Wildman–Crippen LogP) is 0.428. The Labute approximate surface area is 116 Å². The van der Waals surface area contributed by atoms with Gasteiger partial charge in [0.25, 0.3) is 0 Å². The van der Waals surface area contributed by atoms with Gasteiger partial charge in [-0.15, -0.1) is 0 Å². The number of carbonyl (C=O) groups is 2. The molecule has 0 unspecified atom stereocenters. The summed E-state index contributed by atoms with van der Waals surface area (Å²) in [5.74, 6) is -0.166. The topological polar surface area (TPSA) is 71.1 Å². The molecule has 4 fully saturated rings. The first-order valence-corrected chi connectivity index (χ1v) is 7.36. The fourth-order valence-corrected chi connectivity index (χ4v) is 2.76. The van der Waals surface area contributed by atoms with Crippen molar-refractivity contribution < 1.29 is 28.5 Å². The van der Waals surface area contributed by atoms with E-state index in [0.29, 0.717) is 13.2 Å². The second-order valence-electron chi connectivity index (χ2n) is 6.10. The van der Waals surface area contributed by atoms with Gasteiger partial charge in [0, 0.05) is 0 Å². The number of hydrogen-bond donors (Lipinski definition) is 0. The normalized spacial score (nSPS) is 39.4. The lowest BCUT2D eigenvalue weighted by Gasteiger charge is -2.17. The lowest BCUT2D eigenvalue weighted by atomic mass is 10.1. The van der Waals surface area contributed by atoms with Gasteiger partial charge >= 0.3 is 11.9 Å². The molecule has 0 aromatic rings. The van der Waals surface area contributed by atoms with Crippen LogP contribution in [0.1, 0.15) is 25.7 Å². The third-order valence-electron chi connectivity index (χ3n) is 4.32. The van der Waals surface area contributed by atoms with Gasteiger partial charge in [-0.1, -0.05) is 0 Å². The molecule has 6 heteroatoms. The minimum atomic E-state index is -0.363. The first-order valence-electron chi connectivity index (χ1n) is 7.36. The van der Waals surface area contributed by atoms with Crippen LogP contribution < -0.4 is 0 Å². The van der Waals surface area contributed by atoms with Crippen LogP contribution in [0.2, 0.25) is 0 Å². The van der Waals surface area contributed by atoms with E-state index < -0.39 is 0 Å². The largest absolute Gasteiger partial charge is 0.457 e. The Morgan fingerprint density at radius 3 is 1.50 bits per heavy atom. The third kappa shape index (κ3) is 2.31. The maximum absolute atomic E-state index is 11.7. The smallest absolute Gasteiger partial charge is 0.309 e. The van der Waals surface area contributed by atoms with Crippen LogP contribution in [0.15, 0.2) is 0 Å². The first kappa shape index (κ1) is 12.6. The van der Waals surface area contributed by atoms with Crippen LogP contribution in [0.3, 0.4) is 0 Å². The Morgan fingerprint density at radius 1 is 0.750 bits per heavy atom. The Kier molecular flexibility index (Phi) is 2.96. The second kappa shape index (κ2) is 4.70. The highest BCUT2D eigenvalue weighted by molar-refractivity contribution is 5.75. The molecule has 2 heterocycles. The van der Waals surface area contributed by atoms with Crippen LogP contribution in [-0.2, 0) is 28.5 Å². The Morgan fingerprint density at radius 2 is 1.15 bits per heavy atom. The molecule has 0 spiro atoms. The zero-order chi connectivity index (χ0) is 13.7. The summed E-state index contributed by atoms with van der Waals surface area (Å²) in [7, 11) is 0. The van der Waals surface area contributed by atoms with Crippen molar-refractivity contribution in [2.24, 2.45) is 11.8 Å². The molecule has 20 heavy (non-hydrogen) atoms. The molecule has 110 valence electrons. The molecule has 2 saturated heterocycles. The molecular formula is C14H18O6. The van der Waals surface area contributed by atoms with E-state index in [1.165, 1.54) is 0 Å². The zero-order valence-corrected chi connectivity index (χ0v) is 11.2. The van der Waals surface area contributed by atoms with Gasteiger partial charge in [-0.25, -0.2) is 0 Å². The minimum absolute atomic E-state index is 0.0685. The molecule has 2 saturated carbocycles. The number of carbonyl (C=O) groups excluding carboxylic acids is 2. The van der Waals surface area contributed by atoms with E-state index in [1.54, 1.807) is 0 Å². The molecule has 4 aliphatic rings. The van der Waals surface area contributed by atoms with Gasteiger partial charge in [0.1, 0.15) is 12.2 Å². The van der Waals surface area contributed by atoms with Gasteiger partial charge in [0.15, 0.2) is 12.2 Å². The standard InChI is InChI=1S/C14H18O6/c15-13(7-1-2-7)19-9-5-17-12-10(6-18-11(9)12)20-14(16)8-3-4-8/h7-12H,1-6H2/t9-,10-,11-,12-/m1/s1. The van der Waals surface area contributed by atoms with Crippen molar-refractivity contribution in [1.82, 2.24) is 0 Å². The number of ether oxygens (including phenoxy) is 4. The van der Waals surface area contributed by atoms with Gasteiger partial charge < -0.3 is 18.9 Å². The molecule has 0 aromatic heterocycles. The molecule has 0 N–H and O–H groups in total. The van der Waals surface area contributed by atoms with Crippen LogP contribution >= 0.6 is 0 Å². The third-order valence-corrected chi connectivity index (χ3v) is 4.32. The van der Waals surface area contributed by atoms with Crippen LogP contribution in [0.25, 0.3) is 0 Å². The maximum atomic E-state index is 11.7. The average molecular weight is 282 g/mol. The van der Waals surface area contributed by atoms with Crippen molar-refractivity contribution >= 4 is 11.9 Å². The summed E-state index contributed by atoms with van der Waals surface area (Å²) in [6, 6.07) is 0. The first-order chi connectivity index (χ1) is 9.72. The van der Waals surface area contributed by atoms with Gasteiger partial charge in [-0.3, -0.25) is 9.59 Å². The van der Waals surface area contributed by atoms with Crippen molar-refractivity contribution in [3.05, 3.63) is 0 Å². The second-order valence-corrected chi connectivity index (χ2v) is 6.10. The van der Waals surface area contributed by atoms with Crippen LogP contribution in [0.4, 0.5) is 0 Å². The average Bonchev–Trinajstić information content (AvgIpc) is 3.32. The summed E-state index contributed by atoms with van der Waals surface area (Å²) in [6.07, 6.45) is 2.36. The number of hydrogen-bond acceptors (Lipinski definition) is 6. The summed E-state index contributed by atoms with van der Waals surface area (Å²) in [4.78, 5) is 23.4. The molecule has 0 bridgehead atoms. The van der Waals surface area contributed by atoms with Crippen LogP contribution in [0, 0.1) is 11.8 Å². The lowest BCUT2D eigenvalue weighted by Crippen LogP contribution is -2.36. The van der Waals surface area contributed by atoms with Gasteiger partial charge in [0.2, 0.25) is 0 Å². The molecule has 0 radical (unpaired) electrons. The van der Waals surface area contributed by atoms with Crippen molar-refractivity contribution in [2.45, 2.75) is 50.1 Å². The summed E-state index contributed by atoms with van der Waals surface area (Å²) >= 11 is 0. The molecule has 2 aliphatic heterocycles. The monoisotopic (exact) mass is 282 g/mol.